The van der Waals surface area contributed by atoms with Crippen molar-refractivity contribution in [3.05, 3.63) is 23.7 Å². The van der Waals surface area contributed by atoms with Crippen LogP contribution in [0.2, 0.25) is 0 Å². The summed E-state index contributed by atoms with van der Waals surface area (Å²) >= 11 is 0. The van der Waals surface area contributed by atoms with E-state index in [1.54, 1.807) is 0 Å². The molecular formula is C11H18O2. The van der Waals surface area contributed by atoms with Crippen LogP contribution in [0.25, 0.3) is 0 Å². The fourth-order valence-electron chi connectivity index (χ4n) is 1.03. The first-order chi connectivity index (χ1) is 6.09. The molecule has 2 nitrogen and oxygen atoms in total. The zero-order valence-corrected chi connectivity index (χ0v) is 8.83. The Kier molecular flexibility index (Phi) is 3.55. The van der Waals surface area contributed by atoms with Crippen molar-refractivity contribution in [1.82, 2.24) is 0 Å². The number of ether oxygens (including phenoxy) is 1. The first kappa shape index (κ1) is 10.3. The molecule has 0 N–H and O–H groups in total. The zero-order valence-electron chi connectivity index (χ0n) is 8.83. The molecule has 0 bridgehead atoms. The average molecular weight is 182 g/mol. The molecule has 0 aromatic carbocycles. The van der Waals surface area contributed by atoms with E-state index in [0.29, 0.717) is 12.5 Å². The van der Waals surface area contributed by atoms with Crippen molar-refractivity contribution < 1.29 is 9.15 Å². The summed E-state index contributed by atoms with van der Waals surface area (Å²) in [4.78, 5) is 0. The minimum Gasteiger partial charge on any atom is -0.463 e. The molecule has 1 heterocycles. The maximum Gasteiger partial charge on any atom is 0.129 e. The number of furan rings is 1. The van der Waals surface area contributed by atoms with Crippen molar-refractivity contribution in [2.24, 2.45) is 0 Å². The molecule has 1 aromatic heterocycles. The molecular weight excluding hydrogens is 164 g/mol. The highest BCUT2D eigenvalue weighted by atomic mass is 16.5. The van der Waals surface area contributed by atoms with Crippen LogP contribution in [-0.4, -0.2) is 6.10 Å². The van der Waals surface area contributed by atoms with Gasteiger partial charge < -0.3 is 9.15 Å². The normalized spacial score (nSPS) is 11.5. The summed E-state index contributed by atoms with van der Waals surface area (Å²) in [5, 5.41) is 0. The smallest absolute Gasteiger partial charge is 0.129 e. The van der Waals surface area contributed by atoms with Gasteiger partial charge in [-0.05, 0) is 26.0 Å². The molecule has 0 spiro atoms. The first-order valence-corrected chi connectivity index (χ1v) is 4.79. The predicted molar refractivity (Wildman–Crippen MR) is 52.7 cm³/mol. The summed E-state index contributed by atoms with van der Waals surface area (Å²) in [6, 6.07) is 4.00. The third-order valence-electron chi connectivity index (χ3n) is 1.81. The van der Waals surface area contributed by atoms with Gasteiger partial charge in [0.1, 0.15) is 18.1 Å². The standard InChI is InChI=1S/C11H18O2/c1-8(2)11-6-5-10(13-11)7-12-9(3)4/h5-6,8-9H,7H2,1-4H3. The molecule has 0 aliphatic heterocycles. The summed E-state index contributed by atoms with van der Waals surface area (Å²) in [6.07, 6.45) is 0.257. The third kappa shape index (κ3) is 3.23. The third-order valence-corrected chi connectivity index (χ3v) is 1.81. The minimum absolute atomic E-state index is 0.257. The molecule has 0 aliphatic rings. The SMILES string of the molecule is CC(C)OCc1ccc(C(C)C)o1. The van der Waals surface area contributed by atoms with Crippen LogP contribution in [0.4, 0.5) is 0 Å². The van der Waals surface area contributed by atoms with Crippen molar-refractivity contribution in [3.63, 3.8) is 0 Å². The van der Waals surface area contributed by atoms with Crippen LogP contribution < -0.4 is 0 Å². The van der Waals surface area contributed by atoms with Gasteiger partial charge >= 0.3 is 0 Å². The van der Waals surface area contributed by atoms with Crippen molar-refractivity contribution in [2.75, 3.05) is 0 Å². The van der Waals surface area contributed by atoms with Gasteiger partial charge in [-0.25, -0.2) is 0 Å². The van der Waals surface area contributed by atoms with Crippen LogP contribution in [0.1, 0.15) is 45.1 Å². The molecule has 1 rings (SSSR count). The molecule has 1 aromatic rings. The summed E-state index contributed by atoms with van der Waals surface area (Å²) in [7, 11) is 0. The molecule has 0 saturated heterocycles. The van der Waals surface area contributed by atoms with Gasteiger partial charge in [0.2, 0.25) is 0 Å². The summed E-state index contributed by atoms with van der Waals surface area (Å²) in [5.41, 5.74) is 0. The lowest BCUT2D eigenvalue weighted by atomic mass is 10.2. The van der Waals surface area contributed by atoms with Gasteiger partial charge in [0.05, 0.1) is 6.10 Å². The monoisotopic (exact) mass is 182 g/mol. The Labute approximate surface area is 79.9 Å². The lowest BCUT2D eigenvalue weighted by molar-refractivity contribution is 0.0538. The molecule has 0 aliphatic carbocycles. The predicted octanol–water partition coefficient (Wildman–Crippen LogP) is 3.33. The number of hydrogen-bond donors (Lipinski definition) is 0. The Bertz CT molecular complexity index is 248. The van der Waals surface area contributed by atoms with Crippen LogP contribution in [0.5, 0.6) is 0 Å². The van der Waals surface area contributed by atoms with Crippen LogP contribution >= 0.6 is 0 Å². The van der Waals surface area contributed by atoms with Gasteiger partial charge in [-0.3, -0.25) is 0 Å². The van der Waals surface area contributed by atoms with E-state index in [1.165, 1.54) is 0 Å². The van der Waals surface area contributed by atoms with E-state index >= 15 is 0 Å². The maximum absolute atomic E-state index is 5.57. The lowest BCUT2D eigenvalue weighted by Gasteiger charge is -2.04. The molecule has 0 atom stereocenters. The second-order valence-electron chi connectivity index (χ2n) is 3.82. The van der Waals surface area contributed by atoms with E-state index in [-0.39, 0.29) is 6.10 Å². The van der Waals surface area contributed by atoms with Gasteiger partial charge in [0.15, 0.2) is 0 Å². The fourth-order valence-corrected chi connectivity index (χ4v) is 1.03. The van der Waals surface area contributed by atoms with Crippen molar-refractivity contribution in [3.8, 4) is 0 Å². The highest BCUT2D eigenvalue weighted by Crippen LogP contribution is 2.18. The molecule has 0 fully saturated rings. The molecule has 13 heavy (non-hydrogen) atoms. The summed E-state index contributed by atoms with van der Waals surface area (Å²) in [6.45, 7) is 8.85. The minimum atomic E-state index is 0.257. The second kappa shape index (κ2) is 4.47. The lowest BCUT2D eigenvalue weighted by Crippen LogP contribution is -2.01. The molecule has 2 heteroatoms. The molecule has 0 saturated carbocycles. The van der Waals surface area contributed by atoms with Gasteiger partial charge in [-0.1, -0.05) is 13.8 Å². The van der Waals surface area contributed by atoms with Gasteiger partial charge in [-0.2, -0.15) is 0 Å². The Balaban J connectivity index is 2.49. The fraction of sp³-hybridized carbons (Fsp3) is 0.636. The summed E-state index contributed by atoms with van der Waals surface area (Å²) in [5.74, 6) is 2.40. The average Bonchev–Trinajstić information content (AvgIpc) is 2.48. The maximum atomic E-state index is 5.57. The molecule has 0 amide bonds. The Hall–Kier alpha value is -0.760. The van der Waals surface area contributed by atoms with Crippen LogP contribution in [0, 0.1) is 0 Å². The highest BCUT2D eigenvalue weighted by Gasteiger charge is 2.05. The van der Waals surface area contributed by atoms with Gasteiger partial charge in [0, 0.05) is 5.92 Å². The van der Waals surface area contributed by atoms with E-state index in [4.69, 9.17) is 9.15 Å². The van der Waals surface area contributed by atoms with Crippen LogP contribution in [0.3, 0.4) is 0 Å². The number of hydrogen-bond acceptors (Lipinski definition) is 2. The van der Waals surface area contributed by atoms with Gasteiger partial charge in [-0.15, -0.1) is 0 Å². The van der Waals surface area contributed by atoms with E-state index in [1.807, 2.05) is 26.0 Å². The number of rotatable bonds is 4. The molecule has 74 valence electrons. The van der Waals surface area contributed by atoms with E-state index < -0.39 is 0 Å². The highest BCUT2D eigenvalue weighted by molar-refractivity contribution is 5.09. The molecule has 0 unspecified atom stereocenters. The van der Waals surface area contributed by atoms with Crippen molar-refractivity contribution >= 4 is 0 Å². The largest absolute Gasteiger partial charge is 0.463 e. The Morgan fingerprint density at radius 2 is 1.92 bits per heavy atom. The van der Waals surface area contributed by atoms with Crippen LogP contribution in [0.15, 0.2) is 16.5 Å². The zero-order chi connectivity index (χ0) is 9.84. The second-order valence-corrected chi connectivity index (χ2v) is 3.82. The molecule has 0 radical (unpaired) electrons. The Morgan fingerprint density at radius 1 is 1.23 bits per heavy atom. The van der Waals surface area contributed by atoms with E-state index in [2.05, 4.69) is 13.8 Å². The summed E-state index contributed by atoms with van der Waals surface area (Å²) < 4.78 is 11.0. The first-order valence-electron chi connectivity index (χ1n) is 4.79. The van der Waals surface area contributed by atoms with E-state index in [9.17, 15) is 0 Å². The quantitative estimate of drug-likeness (QED) is 0.712. The van der Waals surface area contributed by atoms with E-state index in [0.717, 1.165) is 11.5 Å². The van der Waals surface area contributed by atoms with Crippen LogP contribution in [-0.2, 0) is 11.3 Å². The Morgan fingerprint density at radius 3 is 2.38 bits per heavy atom. The van der Waals surface area contributed by atoms with Crippen molar-refractivity contribution in [2.45, 2.75) is 46.3 Å². The van der Waals surface area contributed by atoms with Crippen molar-refractivity contribution in [1.29, 1.82) is 0 Å². The van der Waals surface area contributed by atoms with Gasteiger partial charge in [0.25, 0.3) is 0 Å². The topological polar surface area (TPSA) is 22.4 Å².